The topological polar surface area (TPSA) is 0 Å². The van der Waals surface area contributed by atoms with Crippen LogP contribution in [-0.2, 0) is 0 Å². The van der Waals surface area contributed by atoms with E-state index in [1.807, 2.05) is 0 Å². The van der Waals surface area contributed by atoms with Crippen LogP contribution in [0.4, 0.5) is 0 Å². The lowest BCUT2D eigenvalue weighted by atomic mass is 10.1. The van der Waals surface area contributed by atoms with E-state index in [2.05, 4.69) is 112 Å². The van der Waals surface area contributed by atoms with Crippen LogP contribution in [-0.4, -0.2) is 34.5 Å². The van der Waals surface area contributed by atoms with Crippen LogP contribution in [0.1, 0.15) is 465 Å². The highest BCUT2D eigenvalue weighted by molar-refractivity contribution is 8.06. The fourth-order valence-corrected chi connectivity index (χ4v) is 21.7. The Balaban J connectivity index is 3.71. The molecular weight excluding hydrogens is 1200 g/mol. The molecule has 0 unspecified atom stereocenters. The van der Waals surface area contributed by atoms with Gasteiger partial charge >= 0.3 is 0 Å². The molecule has 0 bridgehead atoms. The SMILES string of the molecule is CCCCCCCCCCCCCSc1c(SCCCCCCCCCCCCC)c(SCCCCCCCCCCCCC)c(SCCCCCCCCCCCCC)c(SCCCCCCCCCCCCC)c1SCCCCCCCCCCCCC. The van der Waals surface area contributed by atoms with Gasteiger partial charge in [0.15, 0.2) is 0 Å². The lowest BCUT2D eigenvalue weighted by molar-refractivity contribution is 0.554. The second-order valence-electron chi connectivity index (χ2n) is 28.3. The number of unbranched alkanes of at least 4 members (excludes halogenated alkanes) is 60. The first kappa shape index (κ1) is 89.3. The van der Waals surface area contributed by atoms with Crippen LogP contribution < -0.4 is 0 Å². The molecule has 534 valence electrons. The average Bonchev–Trinajstić information content (AvgIpc) is 0.790. The Labute approximate surface area is 595 Å². The summed E-state index contributed by atoms with van der Waals surface area (Å²) in [5.74, 6) is 7.78. The number of thioether (sulfide) groups is 6. The largest absolute Gasteiger partial charge is 0.124 e. The summed E-state index contributed by atoms with van der Waals surface area (Å²) in [5.41, 5.74) is 0. The van der Waals surface area contributed by atoms with E-state index in [0.717, 1.165) is 0 Å². The zero-order chi connectivity index (χ0) is 64.6. The second-order valence-corrected chi connectivity index (χ2v) is 34.9. The summed E-state index contributed by atoms with van der Waals surface area (Å²) < 4.78 is 0. The normalized spacial score (nSPS) is 11.8. The van der Waals surface area contributed by atoms with Gasteiger partial charge in [-0.15, -0.1) is 70.6 Å². The third-order valence-corrected chi connectivity index (χ3v) is 27.1. The molecule has 1 rings (SSSR count). The molecule has 0 aliphatic heterocycles. The minimum absolute atomic E-state index is 1.30. The van der Waals surface area contributed by atoms with Crippen molar-refractivity contribution in [1.82, 2.24) is 0 Å². The Morgan fingerprint density at radius 1 is 0.111 bits per heavy atom. The van der Waals surface area contributed by atoms with E-state index in [9.17, 15) is 0 Å². The molecule has 0 amide bonds. The molecule has 0 atom stereocenters. The lowest BCUT2D eigenvalue weighted by Crippen LogP contribution is -2.01. The predicted octanol–water partition coefficient (Wildman–Crippen LogP) is 34.1. The van der Waals surface area contributed by atoms with Crippen molar-refractivity contribution >= 4 is 70.6 Å². The molecule has 0 spiro atoms. The van der Waals surface area contributed by atoms with Gasteiger partial charge in [-0.3, -0.25) is 0 Å². The Morgan fingerprint density at radius 2 is 0.189 bits per heavy atom. The van der Waals surface area contributed by atoms with Crippen LogP contribution in [0.2, 0.25) is 0 Å². The van der Waals surface area contributed by atoms with Gasteiger partial charge in [0.2, 0.25) is 0 Å². The standard InChI is InChI=1S/C84H162S6/c1-7-13-19-25-31-37-43-49-55-61-67-73-85-79-80(86-74-68-62-56-50-44-38-32-26-20-14-8-2)82(88-76-70-64-58-52-46-40-34-28-22-16-10-4)84(90-78-72-66-60-54-48-42-36-30-24-18-12-6)83(89-77-71-65-59-53-47-41-35-29-23-17-11-5)81(79)87-75-69-63-57-51-45-39-33-27-21-15-9-3/h7-78H2,1-6H3. The van der Waals surface area contributed by atoms with Crippen molar-refractivity contribution in [3.05, 3.63) is 0 Å². The van der Waals surface area contributed by atoms with E-state index in [0.29, 0.717) is 0 Å². The summed E-state index contributed by atoms with van der Waals surface area (Å²) in [7, 11) is 0. The number of hydrogen-bond acceptors (Lipinski definition) is 6. The highest BCUT2D eigenvalue weighted by Gasteiger charge is 2.26. The first-order valence-electron chi connectivity index (χ1n) is 41.7. The van der Waals surface area contributed by atoms with Gasteiger partial charge in [0.1, 0.15) is 0 Å². The van der Waals surface area contributed by atoms with Crippen LogP contribution in [0.5, 0.6) is 0 Å². The third-order valence-electron chi connectivity index (χ3n) is 19.2. The van der Waals surface area contributed by atoms with E-state index in [4.69, 9.17) is 0 Å². The summed E-state index contributed by atoms with van der Waals surface area (Å²) in [6, 6.07) is 0. The van der Waals surface area contributed by atoms with Crippen molar-refractivity contribution in [2.24, 2.45) is 0 Å². The van der Waals surface area contributed by atoms with E-state index in [-0.39, 0.29) is 0 Å². The molecule has 0 saturated carbocycles. The Bertz CT molecular complexity index is 1220. The maximum absolute atomic E-state index is 2.35. The summed E-state index contributed by atoms with van der Waals surface area (Å²) in [6.45, 7) is 14.1. The van der Waals surface area contributed by atoms with Crippen LogP contribution in [0, 0.1) is 0 Å². The van der Waals surface area contributed by atoms with E-state index in [1.54, 1.807) is 29.4 Å². The zero-order valence-corrected chi connectivity index (χ0v) is 67.3. The van der Waals surface area contributed by atoms with Gasteiger partial charge in [-0.2, -0.15) is 0 Å². The molecular formula is C84H162S6. The molecule has 0 fully saturated rings. The first-order valence-corrected chi connectivity index (χ1v) is 47.6. The predicted molar refractivity (Wildman–Crippen MR) is 430 cm³/mol. The molecule has 0 nitrogen and oxygen atoms in total. The van der Waals surface area contributed by atoms with Crippen molar-refractivity contribution in [2.45, 2.75) is 495 Å². The molecule has 0 aliphatic carbocycles. The van der Waals surface area contributed by atoms with Crippen LogP contribution >= 0.6 is 70.6 Å². The maximum atomic E-state index is 2.35. The molecule has 6 heteroatoms. The smallest absolute Gasteiger partial charge is 0.0368 e. The summed E-state index contributed by atoms with van der Waals surface area (Å²) >= 11 is 14.1. The van der Waals surface area contributed by atoms with Crippen molar-refractivity contribution in [2.75, 3.05) is 34.5 Å². The monoisotopic (exact) mass is 1360 g/mol. The minimum atomic E-state index is 1.30. The number of rotatable bonds is 78. The van der Waals surface area contributed by atoms with Crippen LogP contribution in [0.25, 0.3) is 0 Å². The quantitative estimate of drug-likeness (QED) is 0.0468. The Morgan fingerprint density at radius 3 is 0.278 bits per heavy atom. The summed E-state index contributed by atoms with van der Waals surface area (Å²) in [4.78, 5) is 10.5. The van der Waals surface area contributed by atoms with Crippen LogP contribution in [0.15, 0.2) is 29.4 Å². The fraction of sp³-hybridized carbons (Fsp3) is 0.929. The Hall–Kier alpha value is 1.32. The van der Waals surface area contributed by atoms with Crippen molar-refractivity contribution in [3.63, 3.8) is 0 Å². The van der Waals surface area contributed by atoms with Gasteiger partial charge in [0.25, 0.3) is 0 Å². The first-order chi connectivity index (χ1) is 44.7. The molecule has 1 aromatic rings. The molecule has 90 heavy (non-hydrogen) atoms. The highest BCUT2D eigenvalue weighted by atomic mass is 32.2. The Kier molecular flexibility index (Phi) is 75.5. The molecule has 0 saturated heterocycles. The number of benzene rings is 1. The van der Waals surface area contributed by atoms with E-state index in [1.165, 1.54) is 458 Å². The molecule has 0 aliphatic rings. The van der Waals surface area contributed by atoms with Crippen LogP contribution in [0.3, 0.4) is 0 Å². The summed E-state index contributed by atoms with van der Waals surface area (Å²) in [5, 5.41) is 0. The molecule has 1 aromatic carbocycles. The van der Waals surface area contributed by atoms with Gasteiger partial charge in [0.05, 0.1) is 0 Å². The average molecular weight is 1360 g/mol. The van der Waals surface area contributed by atoms with Crippen molar-refractivity contribution in [3.8, 4) is 0 Å². The maximum Gasteiger partial charge on any atom is 0.0368 e. The van der Waals surface area contributed by atoms with Crippen molar-refractivity contribution < 1.29 is 0 Å². The fourth-order valence-electron chi connectivity index (χ4n) is 13.0. The van der Waals surface area contributed by atoms with Gasteiger partial charge in [0, 0.05) is 29.4 Å². The molecule has 0 N–H and O–H groups in total. The minimum Gasteiger partial charge on any atom is -0.124 e. The third kappa shape index (κ3) is 58.3. The van der Waals surface area contributed by atoms with Gasteiger partial charge in [-0.1, -0.05) is 427 Å². The zero-order valence-electron chi connectivity index (χ0n) is 62.4. The molecule has 0 aromatic heterocycles. The lowest BCUT2D eigenvalue weighted by Gasteiger charge is -2.25. The van der Waals surface area contributed by atoms with Crippen molar-refractivity contribution in [1.29, 1.82) is 0 Å². The molecule has 0 radical (unpaired) electrons. The number of hydrogen-bond donors (Lipinski definition) is 0. The van der Waals surface area contributed by atoms with Gasteiger partial charge < -0.3 is 0 Å². The second kappa shape index (κ2) is 76.1. The van der Waals surface area contributed by atoms with Gasteiger partial charge in [-0.05, 0) is 73.0 Å². The highest BCUT2D eigenvalue weighted by Crippen LogP contribution is 2.55. The molecule has 0 heterocycles. The van der Waals surface area contributed by atoms with E-state index < -0.39 is 0 Å². The summed E-state index contributed by atoms with van der Waals surface area (Å²) in [6.07, 6.45) is 94.5. The van der Waals surface area contributed by atoms with E-state index >= 15 is 0 Å². The van der Waals surface area contributed by atoms with Gasteiger partial charge in [-0.25, -0.2) is 0 Å².